The van der Waals surface area contributed by atoms with E-state index >= 15 is 0 Å². The van der Waals surface area contributed by atoms with Gasteiger partial charge in [0.25, 0.3) is 0 Å². The maximum Gasteiger partial charge on any atom is 0.221 e. The number of methoxy groups -OCH3 is 1. The fourth-order valence-corrected chi connectivity index (χ4v) is 3.66. The lowest BCUT2D eigenvalue weighted by atomic mass is 10.2. The molecule has 1 aliphatic rings. The van der Waals surface area contributed by atoms with Crippen LogP contribution in [0.15, 0.2) is 42.7 Å². The molecule has 1 saturated heterocycles. The van der Waals surface area contributed by atoms with Gasteiger partial charge in [-0.2, -0.15) is 10.1 Å². The first-order valence-corrected chi connectivity index (χ1v) is 10.2. The highest BCUT2D eigenvalue weighted by Crippen LogP contribution is 2.24. The third-order valence-corrected chi connectivity index (χ3v) is 5.41. The van der Waals surface area contributed by atoms with E-state index in [-0.39, 0.29) is 11.8 Å². The van der Waals surface area contributed by atoms with Gasteiger partial charge in [-0.3, -0.25) is 4.90 Å². The van der Waals surface area contributed by atoms with Gasteiger partial charge in [-0.25, -0.2) is 14.1 Å². The van der Waals surface area contributed by atoms with Gasteiger partial charge in [-0.1, -0.05) is 12.2 Å². The maximum atomic E-state index is 13.8. The number of nitrogens with zero attached hydrogens (tertiary/aromatic N) is 6. The number of nitrogen functional groups attached to an aromatic ring is 1. The SMILES string of the molecule is COc1cc(F)cc(N2CCN(C/C=C/c3cnn(-c4ccnc(N)n4)c3C)CC2)c1. The zero-order chi connectivity index (χ0) is 21.8. The molecule has 2 N–H and O–H groups in total. The van der Waals surface area contributed by atoms with Gasteiger partial charge < -0.3 is 15.4 Å². The first-order chi connectivity index (χ1) is 15.0. The number of benzene rings is 1. The molecular formula is C22H26FN7O. The molecule has 0 radical (unpaired) electrons. The van der Waals surface area contributed by atoms with Crippen LogP contribution in [0.2, 0.25) is 0 Å². The van der Waals surface area contributed by atoms with Crippen LogP contribution in [0, 0.1) is 12.7 Å². The van der Waals surface area contributed by atoms with Gasteiger partial charge in [0.05, 0.1) is 19.0 Å². The van der Waals surface area contributed by atoms with Crippen molar-refractivity contribution in [2.75, 3.05) is 50.5 Å². The molecule has 0 saturated carbocycles. The molecule has 1 fully saturated rings. The number of aromatic nitrogens is 4. The molecule has 0 aliphatic carbocycles. The smallest absolute Gasteiger partial charge is 0.221 e. The summed E-state index contributed by atoms with van der Waals surface area (Å²) >= 11 is 0. The summed E-state index contributed by atoms with van der Waals surface area (Å²) in [6, 6.07) is 6.61. The molecule has 0 spiro atoms. The third-order valence-electron chi connectivity index (χ3n) is 5.41. The fourth-order valence-electron chi connectivity index (χ4n) is 3.66. The van der Waals surface area contributed by atoms with E-state index in [2.05, 4.69) is 37.0 Å². The quantitative estimate of drug-likeness (QED) is 0.652. The van der Waals surface area contributed by atoms with E-state index in [1.165, 1.54) is 6.07 Å². The summed E-state index contributed by atoms with van der Waals surface area (Å²) in [4.78, 5) is 12.7. The molecule has 2 aromatic heterocycles. The van der Waals surface area contributed by atoms with Gasteiger partial charge in [0.15, 0.2) is 5.82 Å². The predicted molar refractivity (Wildman–Crippen MR) is 119 cm³/mol. The molecule has 1 aromatic carbocycles. The van der Waals surface area contributed by atoms with Crippen LogP contribution in [0.4, 0.5) is 16.0 Å². The van der Waals surface area contributed by atoms with Crippen molar-refractivity contribution in [1.29, 1.82) is 0 Å². The summed E-state index contributed by atoms with van der Waals surface area (Å²) in [6.45, 7) is 6.32. The topological polar surface area (TPSA) is 85.3 Å². The molecule has 31 heavy (non-hydrogen) atoms. The molecule has 4 rings (SSSR count). The minimum atomic E-state index is -0.278. The lowest BCUT2D eigenvalue weighted by Gasteiger charge is -2.35. The van der Waals surface area contributed by atoms with Crippen LogP contribution >= 0.6 is 0 Å². The minimum Gasteiger partial charge on any atom is -0.497 e. The van der Waals surface area contributed by atoms with Crippen LogP contribution in [0.1, 0.15) is 11.3 Å². The van der Waals surface area contributed by atoms with Crippen LogP contribution in [-0.4, -0.2) is 64.5 Å². The number of halogens is 1. The first kappa shape index (κ1) is 20.8. The molecule has 0 unspecified atom stereocenters. The van der Waals surface area contributed by atoms with E-state index in [1.54, 1.807) is 30.1 Å². The summed E-state index contributed by atoms with van der Waals surface area (Å²) in [6.07, 6.45) is 7.66. The third kappa shape index (κ3) is 4.83. The zero-order valence-electron chi connectivity index (χ0n) is 17.7. The van der Waals surface area contributed by atoms with Crippen molar-refractivity contribution in [3.05, 3.63) is 59.8 Å². The number of hydrogen-bond donors (Lipinski definition) is 1. The normalized spacial score (nSPS) is 15.0. The summed E-state index contributed by atoms with van der Waals surface area (Å²) in [5, 5.41) is 4.42. The molecule has 3 aromatic rings. The molecule has 3 heterocycles. The van der Waals surface area contributed by atoms with Crippen molar-refractivity contribution in [3.8, 4) is 11.6 Å². The van der Waals surface area contributed by atoms with Crippen LogP contribution in [0.5, 0.6) is 5.75 Å². The Kier molecular flexibility index (Phi) is 6.13. The zero-order valence-corrected chi connectivity index (χ0v) is 17.7. The average Bonchev–Trinajstić information content (AvgIpc) is 3.14. The van der Waals surface area contributed by atoms with Crippen LogP contribution in [-0.2, 0) is 0 Å². The largest absolute Gasteiger partial charge is 0.497 e. The number of anilines is 2. The molecular weight excluding hydrogens is 397 g/mol. The van der Waals surface area contributed by atoms with Crippen LogP contribution in [0.25, 0.3) is 11.9 Å². The Balaban J connectivity index is 1.34. The molecule has 0 amide bonds. The Morgan fingerprint density at radius 3 is 2.74 bits per heavy atom. The van der Waals surface area contributed by atoms with E-state index in [4.69, 9.17) is 10.5 Å². The highest BCUT2D eigenvalue weighted by molar-refractivity contribution is 5.53. The van der Waals surface area contributed by atoms with Crippen LogP contribution in [0.3, 0.4) is 0 Å². The Morgan fingerprint density at radius 1 is 1.19 bits per heavy atom. The Morgan fingerprint density at radius 2 is 2.00 bits per heavy atom. The van der Waals surface area contributed by atoms with Gasteiger partial charge in [-0.15, -0.1) is 0 Å². The Bertz CT molecular complexity index is 1070. The van der Waals surface area contributed by atoms with Crippen molar-refractivity contribution >= 4 is 17.7 Å². The van der Waals surface area contributed by atoms with Crippen LogP contribution < -0.4 is 15.4 Å². The summed E-state index contributed by atoms with van der Waals surface area (Å²) in [7, 11) is 1.55. The van der Waals surface area contributed by atoms with Gasteiger partial charge >= 0.3 is 0 Å². The van der Waals surface area contributed by atoms with Crippen molar-refractivity contribution in [1.82, 2.24) is 24.6 Å². The standard InChI is InChI=1S/C22H26FN7O/c1-16-17(15-26-30(16)21-5-6-25-22(24)27-21)4-3-7-28-8-10-29(11-9-28)19-12-18(23)13-20(14-19)31-2/h3-6,12-15H,7-11H2,1-2H3,(H2,24,25,27)/b4-3+. The number of hydrogen-bond acceptors (Lipinski definition) is 7. The summed E-state index contributed by atoms with van der Waals surface area (Å²) in [5.74, 6) is 1.14. The Labute approximate surface area is 180 Å². The van der Waals surface area contributed by atoms with Gasteiger partial charge in [0, 0.05) is 68.4 Å². The molecule has 162 valence electrons. The van der Waals surface area contributed by atoms with E-state index in [9.17, 15) is 4.39 Å². The first-order valence-electron chi connectivity index (χ1n) is 10.2. The van der Waals surface area contributed by atoms with E-state index < -0.39 is 0 Å². The summed E-state index contributed by atoms with van der Waals surface area (Å²) in [5.41, 5.74) is 8.55. The second-order valence-electron chi connectivity index (χ2n) is 7.41. The molecule has 0 bridgehead atoms. The summed E-state index contributed by atoms with van der Waals surface area (Å²) < 4.78 is 20.7. The van der Waals surface area contributed by atoms with E-state index in [0.717, 1.165) is 49.7 Å². The minimum absolute atomic E-state index is 0.223. The van der Waals surface area contributed by atoms with Crippen molar-refractivity contribution < 1.29 is 9.13 Å². The maximum absolute atomic E-state index is 13.8. The second-order valence-corrected chi connectivity index (χ2v) is 7.41. The lowest BCUT2D eigenvalue weighted by molar-refractivity contribution is 0.284. The predicted octanol–water partition coefficient (Wildman–Crippen LogP) is 2.54. The lowest BCUT2D eigenvalue weighted by Crippen LogP contribution is -2.46. The van der Waals surface area contributed by atoms with Crippen molar-refractivity contribution in [2.45, 2.75) is 6.92 Å². The number of ether oxygens (including phenoxy) is 1. The number of rotatable bonds is 6. The van der Waals surface area contributed by atoms with Crippen molar-refractivity contribution in [2.24, 2.45) is 0 Å². The van der Waals surface area contributed by atoms with Gasteiger partial charge in [0.2, 0.25) is 5.95 Å². The van der Waals surface area contributed by atoms with Gasteiger partial charge in [-0.05, 0) is 13.0 Å². The highest BCUT2D eigenvalue weighted by atomic mass is 19.1. The monoisotopic (exact) mass is 423 g/mol. The number of nitrogens with two attached hydrogens (primary N) is 1. The molecule has 8 nitrogen and oxygen atoms in total. The fraction of sp³-hybridized carbons (Fsp3) is 0.318. The second kappa shape index (κ2) is 9.13. The van der Waals surface area contributed by atoms with Gasteiger partial charge in [0.1, 0.15) is 11.6 Å². The average molecular weight is 423 g/mol. The Hall–Kier alpha value is -3.46. The van der Waals surface area contributed by atoms with E-state index in [1.807, 2.05) is 19.2 Å². The molecule has 1 aliphatic heterocycles. The number of piperazine rings is 1. The van der Waals surface area contributed by atoms with E-state index in [0.29, 0.717) is 11.6 Å². The highest BCUT2D eigenvalue weighted by Gasteiger charge is 2.17. The molecule has 0 atom stereocenters. The molecule has 9 heteroatoms. The van der Waals surface area contributed by atoms with Crippen molar-refractivity contribution in [3.63, 3.8) is 0 Å².